The van der Waals surface area contributed by atoms with E-state index >= 15 is 0 Å². The zero-order valence-corrected chi connectivity index (χ0v) is 12.0. The number of amides is 2. The summed E-state index contributed by atoms with van der Waals surface area (Å²) in [7, 11) is 0. The molecular formula is C15H20N4O2. The minimum Gasteiger partial charge on any atom is -0.344 e. The molecule has 0 aromatic carbocycles. The molecule has 21 heavy (non-hydrogen) atoms. The number of pyridine rings is 1. The summed E-state index contributed by atoms with van der Waals surface area (Å²) in [5, 5.41) is 6.62. The highest BCUT2D eigenvalue weighted by atomic mass is 16.2. The van der Waals surface area contributed by atoms with Crippen molar-refractivity contribution in [3.05, 3.63) is 30.1 Å². The number of aromatic nitrogens is 1. The van der Waals surface area contributed by atoms with Crippen LogP contribution < -0.4 is 10.7 Å². The lowest BCUT2D eigenvalue weighted by Crippen LogP contribution is -2.37. The molecule has 1 aromatic rings. The molecule has 1 aromatic heterocycles. The molecule has 0 unspecified atom stereocenters. The molecule has 0 spiro atoms. The van der Waals surface area contributed by atoms with Gasteiger partial charge in [0.05, 0.1) is 0 Å². The molecule has 1 heterocycles. The van der Waals surface area contributed by atoms with Crippen LogP contribution in [0.3, 0.4) is 0 Å². The maximum Gasteiger partial charge on any atom is 0.329 e. The fourth-order valence-electron chi connectivity index (χ4n) is 2.19. The van der Waals surface area contributed by atoms with Gasteiger partial charge in [0.2, 0.25) is 0 Å². The highest BCUT2D eigenvalue weighted by molar-refractivity contribution is 6.35. The zero-order valence-electron chi connectivity index (χ0n) is 12.0. The first kappa shape index (κ1) is 15.2. The van der Waals surface area contributed by atoms with Crippen LogP contribution in [-0.2, 0) is 16.1 Å². The Bertz CT molecular complexity index is 504. The van der Waals surface area contributed by atoms with Gasteiger partial charge in [-0.2, -0.15) is 5.10 Å². The molecule has 0 saturated heterocycles. The fraction of sp³-hybridized carbons (Fsp3) is 0.467. The Morgan fingerprint density at radius 1 is 1.05 bits per heavy atom. The second kappa shape index (κ2) is 8.14. The number of carbonyl (C=O) groups is 2. The Hall–Kier alpha value is -2.24. The lowest BCUT2D eigenvalue weighted by Gasteiger charge is -2.05. The van der Waals surface area contributed by atoms with Crippen LogP contribution in [0.2, 0.25) is 0 Å². The highest BCUT2D eigenvalue weighted by Crippen LogP contribution is 2.14. The van der Waals surface area contributed by atoms with E-state index in [9.17, 15) is 9.59 Å². The van der Waals surface area contributed by atoms with Crippen LogP contribution in [0, 0.1) is 0 Å². The van der Waals surface area contributed by atoms with Crippen LogP contribution in [0.1, 0.15) is 44.1 Å². The predicted molar refractivity (Wildman–Crippen MR) is 79.4 cm³/mol. The maximum atomic E-state index is 11.7. The fourth-order valence-corrected chi connectivity index (χ4v) is 2.19. The number of hydrogen-bond donors (Lipinski definition) is 2. The molecular weight excluding hydrogens is 268 g/mol. The van der Waals surface area contributed by atoms with Crippen LogP contribution in [0.15, 0.2) is 29.6 Å². The summed E-state index contributed by atoms with van der Waals surface area (Å²) in [6, 6.07) is 3.56. The van der Waals surface area contributed by atoms with Crippen LogP contribution in [0.5, 0.6) is 0 Å². The zero-order chi connectivity index (χ0) is 14.9. The van der Waals surface area contributed by atoms with Gasteiger partial charge in [-0.15, -0.1) is 0 Å². The van der Waals surface area contributed by atoms with Crippen molar-refractivity contribution in [1.82, 2.24) is 15.7 Å². The summed E-state index contributed by atoms with van der Waals surface area (Å²) in [6.45, 7) is 0.297. The van der Waals surface area contributed by atoms with Crippen molar-refractivity contribution in [2.75, 3.05) is 0 Å². The molecule has 1 saturated carbocycles. The minimum absolute atomic E-state index is 0.297. The topological polar surface area (TPSA) is 83.5 Å². The van der Waals surface area contributed by atoms with E-state index in [2.05, 4.69) is 20.8 Å². The van der Waals surface area contributed by atoms with E-state index in [0.29, 0.717) is 6.54 Å². The number of nitrogens with zero attached hydrogens (tertiary/aromatic N) is 2. The molecule has 6 nitrogen and oxygen atoms in total. The van der Waals surface area contributed by atoms with E-state index < -0.39 is 11.8 Å². The predicted octanol–water partition coefficient (Wildman–Crippen LogP) is 1.52. The van der Waals surface area contributed by atoms with E-state index in [1.54, 1.807) is 24.5 Å². The van der Waals surface area contributed by atoms with Crippen molar-refractivity contribution < 1.29 is 9.59 Å². The standard InChI is InChI=1S/C15H20N4O2/c20-14(17-11-12-7-9-16-10-8-12)15(21)19-18-13-5-3-1-2-4-6-13/h7-10H,1-6,11H2,(H,17,20)(H,19,21). The summed E-state index contributed by atoms with van der Waals surface area (Å²) in [6.07, 6.45) is 9.70. The summed E-state index contributed by atoms with van der Waals surface area (Å²) in [5.41, 5.74) is 4.21. The Kier molecular flexibility index (Phi) is 5.87. The third-order valence-corrected chi connectivity index (χ3v) is 3.40. The van der Waals surface area contributed by atoms with Gasteiger partial charge in [-0.3, -0.25) is 14.6 Å². The van der Waals surface area contributed by atoms with Gasteiger partial charge in [0.25, 0.3) is 0 Å². The molecule has 2 rings (SSSR count). The average Bonchev–Trinajstić information content (AvgIpc) is 2.80. The van der Waals surface area contributed by atoms with Gasteiger partial charge in [0.1, 0.15) is 0 Å². The lowest BCUT2D eigenvalue weighted by atomic mass is 10.2. The Morgan fingerprint density at radius 3 is 2.38 bits per heavy atom. The molecule has 0 bridgehead atoms. The van der Waals surface area contributed by atoms with Crippen molar-refractivity contribution >= 4 is 17.5 Å². The number of hydrazone groups is 1. The summed E-state index contributed by atoms with van der Waals surface area (Å²) in [4.78, 5) is 27.2. The summed E-state index contributed by atoms with van der Waals surface area (Å²) in [5.74, 6) is -1.40. The van der Waals surface area contributed by atoms with Gasteiger partial charge in [-0.25, -0.2) is 5.43 Å². The van der Waals surface area contributed by atoms with Gasteiger partial charge in [-0.05, 0) is 43.4 Å². The second-order valence-electron chi connectivity index (χ2n) is 5.07. The Balaban J connectivity index is 1.77. The van der Waals surface area contributed by atoms with Gasteiger partial charge in [0.15, 0.2) is 0 Å². The SMILES string of the molecule is O=C(NCc1ccncc1)C(=O)NN=C1CCCCCC1. The van der Waals surface area contributed by atoms with Crippen molar-refractivity contribution in [2.45, 2.75) is 45.1 Å². The smallest absolute Gasteiger partial charge is 0.329 e. The van der Waals surface area contributed by atoms with E-state index in [1.807, 2.05) is 0 Å². The Labute approximate surface area is 124 Å². The van der Waals surface area contributed by atoms with Gasteiger partial charge >= 0.3 is 11.8 Å². The van der Waals surface area contributed by atoms with Gasteiger partial charge in [-0.1, -0.05) is 12.8 Å². The van der Waals surface area contributed by atoms with Crippen LogP contribution in [0.25, 0.3) is 0 Å². The number of hydrogen-bond acceptors (Lipinski definition) is 4. The second-order valence-corrected chi connectivity index (χ2v) is 5.07. The summed E-state index contributed by atoms with van der Waals surface area (Å²) < 4.78 is 0. The van der Waals surface area contributed by atoms with Crippen molar-refractivity contribution in [2.24, 2.45) is 5.10 Å². The van der Waals surface area contributed by atoms with E-state index in [1.165, 1.54) is 12.8 Å². The van der Waals surface area contributed by atoms with Crippen LogP contribution in [0.4, 0.5) is 0 Å². The molecule has 6 heteroatoms. The quantitative estimate of drug-likeness (QED) is 0.502. The molecule has 1 aliphatic rings. The molecule has 0 atom stereocenters. The van der Waals surface area contributed by atoms with Crippen LogP contribution in [-0.4, -0.2) is 22.5 Å². The normalized spacial score (nSPS) is 15.0. The van der Waals surface area contributed by atoms with Gasteiger partial charge in [0, 0.05) is 24.7 Å². The minimum atomic E-state index is -0.721. The number of carbonyl (C=O) groups excluding carboxylic acids is 2. The van der Waals surface area contributed by atoms with E-state index in [-0.39, 0.29) is 0 Å². The molecule has 1 aliphatic carbocycles. The molecule has 0 aliphatic heterocycles. The first-order valence-electron chi connectivity index (χ1n) is 7.28. The summed E-state index contributed by atoms with van der Waals surface area (Å²) >= 11 is 0. The Morgan fingerprint density at radius 2 is 1.71 bits per heavy atom. The van der Waals surface area contributed by atoms with Crippen molar-refractivity contribution in [3.8, 4) is 0 Å². The molecule has 2 amide bonds. The molecule has 1 fully saturated rings. The van der Waals surface area contributed by atoms with Crippen LogP contribution >= 0.6 is 0 Å². The molecule has 0 radical (unpaired) electrons. The molecule has 112 valence electrons. The monoisotopic (exact) mass is 288 g/mol. The third kappa shape index (κ3) is 5.33. The average molecular weight is 288 g/mol. The first-order chi connectivity index (χ1) is 10.3. The van der Waals surface area contributed by atoms with E-state index in [4.69, 9.17) is 0 Å². The molecule has 2 N–H and O–H groups in total. The highest BCUT2D eigenvalue weighted by Gasteiger charge is 2.13. The van der Waals surface area contributed by atoms with Gasteiger partial charge < -0.3 is 5.32 Å². The largest absolute Gasteiger partial charge is 0.344 e. The van der Waals surface area contributed by atoms with Crippen molar-refractivity contribution in [1.29, 1.82) is 0 Å². The number of nitrogens with one attached hydrogen (secondary N) is 2. The third-order valence-electron chi connectivity index (χ3n) is 3.40. The lowest BCUT2D eigenvalue weighted by molar-refractivity contribution is -0.139. The maximum absolute atomic E-state index is 11.7. The number of rotatable bonds is 3. The van der Waals surface area contributed by atoms with Crippen molar-refractivity contribution in [3.63, 3.8) is 0 Å². The first-order valence-corrected chi connectivity index (χ1v) is 7.28. The van der Waals surface area contributed by atoms with E-state index in [0.717, 1.165) is 37.0 Å².